The van der Waals surface area contributed by atoms with Gasteiger partial charge in [0.15, 0.2) is 11.2 Å². The van der Waals surface area contributed by atoms with E-state index in [0.29, 0.717) is 35.7 Å². The summed E-state index contributed by atoms with van der Waals surface area (Å²) in [5.74, 6) is 0.0252. The van der Waals surface area contributed by atoms with Crippen LogP contribution in [0.5, 0.6) is 5.75 Å². The third-order valence-corrected chi connectivity index (χ3v) is 6.35. The van der Waals surface area contributed by atoms with Gasteiger partial charge in [-0.15, -0.1) is 13.2 Å². The van der Waals surface area contributed by atoms with Gasteiger partial charge in [-0.2, -0.15) is 0 Å². The van der Waals surface area contributed by atoms with E-state index in [9.17, 15) is 22.8 Å². The molecule has 0 radical (unpaired) electrons. The number of aryl methyl sites for hydroxylation is 1. The number of hydrogen-bond acceptors (Lipinski definition) is 5. The molecule has 0 saturated heterocycles. The number of halogens is 4. The number of unbranched alkanes of at least 4 members (excludes halogenated alkanes) is 2. The molecule has 0 bridgehead atoms. The monoisotopic (exact) mass is 550 g/mol. The van der Waals surface area contributed by atoms with Crippen LogP contribution in [-0.4, -0.2) is 36.8 Å². The second kappa shape index (κ2) is 11.4. The molecule has 2 heterocycles. The van der Waals surface area contributed by atoms with Crippen molar-refractivity contribution in [1.29, 1.82) is 0 Å². The Morgan fingerprint density at radius 3 is 2.42 bits per heavy atom. The fourth-order valence-corrected chi connectivity index (χ4v) is 4.41. The van der Waals surface area contributed by atoms with Crippen LogP contribution in [0.3, 0.4) is 0 Å². The van der Waals surface area contributed by atoms with E-state index in [1.807, 2.05) is 0 Å². The number of alkyl halides is 3. The van der Waals surface area contributed by atoms with Gasteiger partial charge in [0.1, 0.15) is 11.6 Å². The molecule has 2 aromatic carbocycles. The molecule has 0 aliphatic heterocycles. The highest BCUT2D eigenvalue weighted by Gasteiger charge is 2.31. The highest BCUT2D eigenvalue weighted by molar-refractivity contribution is 6.30. The van der Waals surface area contributed by atoms with Gasteiger partial charge in [-0.3, -0.25) is 13.9 Å². The Morgan fingerprint density at radius 2 is 1.74 bits per heavy atom. The molecule has 0 saturated carbocycles. The van der Waals surface area contributed by atoms with Crippen LogP contribution in [-0.2, 0) is 26.6 Å². The highest BCUT2D eigenvalue weighted by Crippen LogP contribution is 2.25. The van der Waals surface area contributed by atoms with Gasteiger partial charge >= 0.3 is 12.1 Å². The van der Waals surface area contributed by atoms with E-state index in [0.717, 1.165) is 10.1 Å². The maximum absolute atomic E-state index is 13.6. The first-order valence-electron chi connectivity index (χ1n) is 12.0. The van der Waals surface area contributed by atoms with Crippen LogP contribution in [0.4, 0.5) is 13.2 Å². The quantitative estimate of drug-likeness (QED) is 0.298. The summed E-state index contributed by atoms with van der Waals surface area (Å²) < 4.78 is 46.4. The van der Waals surface area contributed by atoms with Crippen LogP contribution >= 0.6 is 11.6 Å². The van der Waals surface area contributed by atoms with Gasteiger partial charge < -0.3 is 14.4 Å². The molecule has 1 N–H and O–H groups in total. The third kappa shape index (κ3) is 6.28. The standard InChI is InChI=1S/C26H26ClF3N4O4/c1-32-23-22(24(36)33(25(32)37)12-3-2-4-13-35)34(16-17-8-10-19(27)11-9-17)21(31-23)15-18-6-5-7-20(14-18)38-26(28,29)30/h5-11,14,35H,2-4,12-13,15-16H2,1H3. The van der Waals surface area contributed by atoms with E-state index >= 15 is 0 Å². The van der Waals surface area contributed by atoms with Crippen LogP contribution < -0.4 is 16.0 Å². The summed E-state index contributed by atoms with van der Waals surface area (Å²) in [4.78, 5) is 31.2. The molecule has 4 rings (SSSR count). The molecule has 0 unspecified atom stereocenters. The predicted octanol–water partition coefficient (Wildman–Crippen LogP) is 4.25. The lowest BCUT2D eigenvalue weighted by atomic mass is 10.1. The molecule has 202 valence electrons. The number of rotatable bonds is 10. The summed E-state index contributed by atoms with van der Waals surface area (Å²) in [6.45, 7) is 0.428. The van der Waals surface area contributed by atoms with Gasteiger partial charge in [0.05, 0.1) is 0 Å². The van der Waals surface area contributed by atoms with Crippen molar-refractivity contribution in [3.8, 4) is 5.75 Å². The predicted molar refractivity (Wildman–Crippen MR) is 137 cm³/mol. The molecule has 4 aromatic rings. The number of ether oxygens (including phenoxy) is 1. The third-order valence-electron chi connectivity index (χ3n) is 6.10. The maximum Gasteiger partial charge on any atom is 0.573 e. The SMILES string of the molecule is Cn1c(=O)n(CCCCCO)c(=O)c2c1nc(Cc1cccc(OC(F)(F)F)c1)n2Cc1ccc(Cl)cc1. The molecule has 0 spiro atoms. The average molecular weight is 551 g/mol. The van der Waals surface area contributed by atoms with Crippen molar-refractivity contribution in [2.75, 3.05) is 6.61 Å². The molecule has 0 fully saturated rings. The maximum atomic E-state index is 13.6. The summed E-state index contributed by atoms with van der Waals surface area (Å²) >= 11 is 6.02. The zero-order valence-corrected chi connectivity index (χ0v) is 21.3. The largest absolute Gasteiger partial charge is 0.573 e. The Kier molecular flexibility index (Phi) is 8.27. The van der Waals surface area contributed by atoms with Crippen LogP contribution in [0.1, 0.15) is 36.2 Å². The van der Waals surface area contributed by atoms with Crippen molar-refractivity contribution >= 4 is 22.8 Å². The van der Waals surface area contributed by atoms with E-state index in [1.54, 1.807) is 34.9 Å². The van der Waals surface area contributed by atoms with Crippen molar-refractivity contribution in [2.45, 2.75) is 45.1 Å². The Balaban J connectivity index is 1.83. The highest BCUT2D eigenvalue weighted by atomic mass is 35.5. The molecule has 12 heteroatoms. The van der Waals surface area contributed by atoms with E-state index in [2.05, 4.69) is 9.72 Å². The van der Waals surface area contributed by atoms with Gasteiger partial charge in [-0.05, 0) is 54.7 Å². The summed E-state index contributed by atoms with van der Waals surface area (Å²) in [5.41, 5.74) is 0.657. The van der Waals surface area contributed by atoms with Gasteiger partial charge in [0.25, 0.3) is 5.56 Å². The first kappa shape index (κ1) is 27.5. The molecule has 2 aromatic heterocycles. The number of aliphatic hydroxyl groups is 1. The number of fused-ring (bicyclic) bond motifs is 1. The fourth-order valence-electron chi connectivity index (χ4n) is 4.29. The Morgan fingerprint density at radius 1 is 1.00 bits per heavy atom. The number of hydrogen-bond donors (Lipinski definition) is 1. The van der Waals surface area contributed by atoms with Crippen molar-refractivity contribution < 1.29 is 23.0 Å². The zero-order valence-electron chi connectivity index (χ0n) is 20.5. The van der Waals surface area contributed by atoms with E-state index in [4.69, 9.17) is 16.7 Å². The molecule has 0 aliphatic carbocycles. The molecule has 0 aliphatic rings. The molecule has 0 amide bonds. The average Bonchev–Trinajstić information content (AvgIpc) is 3.20. The van der Waals surface area contributed by atoms with Crippen molar-refractivity contribution in [3.05, 3.63) is 91.3 Å². The second-order valence-corrected chi connectivity index (χ2v) is 9.30. The minimum absolute atomic E-state index is 0.0262. The lowest BCUT2D eigenvalue weighted by Crippen LogP contribution is -2.39. The van der Waals surface area contributed by atoms with Crippen molar-refractivity contribution in [1.82, 2.24) is 18.7 Å². The van der Waals surface area contributed by atoms with Crippen molar-refractivity contribution in [3.63, 3.8) is 0 Å². The van der Waals surface area contributed by atoms with Crippen LogP contribution in [0.2, 0.25) is 5.02 Å². The lowest BCUT2D eigenvalue weighted by molar-refractivity contribution is -0.274. The van der Waals surface area contributed by atoms with Crippen LogP contribution in [0, 0.1) is 0 Å². The van der Waals surface area contributed by atoms with Crippen LogP contribution in [0.25, 0.3) is 11.2 Å². The lowest BCUT2D eigenvalue weighted by Gasteiger charge is -2.12. The topological polar surface area (TPSA) is 91.3 Å². The zero-order chi connectivity index (χ0) is 27.4. The summed E-state index contributed by atoms with van der Waals surface area (Å²) in [6, 6.07) is 12.6. The normalized spacial score (nSPS) is 11.8. The smallest absolute Gasteiger partial charge is 0.406 e. The number of benzene rings is 2. The van der Waals surface area contributed by atoms with Crippen LogP contribution in [0.15, 0.2) is 58.1 Å². The van der Waals surface area contributed by atoms with Gasteiger partial charge in [0.2, 0.25) is 0 Å². The first-order valence-corrected chi connectivity index (χ1v) is 12.3. The number of nitrogens with zero attached hydrogens (tertiary/aromatic N) is 4. The first-order chi connectivity index (χ1) is 18.1. The van der Waals surface area contributed by atoms with Gasteiger partial charge in [-0.1, -0.05) is 35.9 Å². The number of imidazole rings is 1. The minimum atomic E-state index is -4.83. The Hall–Kier alpha value is -3.57. The Labute approximate surface area is 220 Å². The molecule has 8 nitrogen and oxygen atoms in total. The van der Waals surface area contributed by atoms with E-state index in [1.165, 1.54) is 29.8 Å². The molecule has 38 heavy (non-hydrogen) atoms. The number of aromatic nitrogens is 4. The van der Waals surface area contributed by atoms with Gasteiger partial charge in [-0.25, -0.2) is 9.78 Å². The summed E-state index contributed by atoms with van der Waals surface area (Å²) in [7, 11) is 1.52. The fraction of sp³-hybridized carbons (Fsp3) is 0.346. The molecular formula is C26H26ClF3N4O4. The van der Waals surface area contributed by atoms with E-state index in [-0.39, 0.29) is 43.0 Å². The van der Waals surface area contributed by atoms with Crippen molar-refractivity contribution in [2.24, 2.45) is 7.05 Å². The summed E-state index contributed by atoms with van der Waals surface area (Å²) in [5, 5.41) is 9.57. The summed E-state index contributed by atoms with van der Waals surface area (Å²) in [6.07, 6.45) is -3.00. The molecular weight excluding hydrogens is 525 g/mol. The number of aliphatic hydroxyl groups excluding tert-OH is 1. The molecule has 0 atom stereocenters. The minimum Gasteiger partial charge on any atom is -0.406 e. The second-order valence-electron chi connectivity index (χ2n) is 8.87. The van der Waals surface area contributed by atoms with E-state index < -0.39 is 17.6 Å². The van der Waals surface area contributed by atoms with Gasteiger partial charge in [0, 0.05) is 38.2 Å². The Bertz CT molecular complexity index is 1540.